The first-order chi connectivity index (χ1) is 9.78. The van der Waals surface area contributed by atoms with Crippen molar-refractivity contribution in [2.24, 2.45) is 0 Å². The zero-order valence-corrected chi connectivity index (χ0v) is 10.9. The number of rotatable bonds is 3. The molecule has 3 nitrogen and oxygen atoms in total. The van der Waals surface area contributed by atoms with E-state index >= 15 is 0 Å². The van der Waals surface area contributed by atoms with E-state index < -0.39 is 0 Å². The van der Waals surface area contributed by atoms with Crippen molar-refractivity contribution in [2.45, 2.75) is 0 Å². The summed E-state index contributed by atoms with van der Waals surface area (Å²) >= 11 is 0. The average Bonchev–Trinajstić information content (AvgIpc) is 3.01. The Balaban J connectivity index is 2.19. The Hall–Kier alpha value is -2.62. The quantitative estimate of drug-likeness (QED) is 0.782. The van der Waals surface area contributed by atoms with Crippen LogP contribution >= 0.6 is 0 Å². The molecule has 100 valence electrons. The van der Waals surface area contributed by atoms with Gasteiger partial charge >= 0.3 is 0 Å². The van der Waals surface area contributed by atoms with Crippen molar-refractivity contribution >= 4 is 0 Å². The standard InChI is InChI=1S/C16H13FN2O/c1-20-13-4-2-3-11(9-13)15-10-12(17)5-6-14(15)16-18-7-8-19-16/h2-10H,1H3,(H,18,19). The second-order valence-corrected chi connectivity index (χ2v) is 4.36. The molecule has 0 bridgehead atoms. The Labute approximate surface area is 116 Å². The lowest BCUT2D eigenvalue weighted by Gasteiger charge is -2.09. The number of ether oxygens (including phenoxy) is 1. The Bertz CT molecular complexity index is 723. The van der Waals surface area contributed by atoms with E-state index in [1.54, 1.807) is 25.6 Å². The summed E-state index contributed by atoms with van der Waals surface area (Å²) in [6.45, 7) is 0. The molecule has 0 spiro atoms. The highest BCUT2D eigenvalue weighted by atomic mass is 19.1. The lowest BCUT2D eigenvalue weighted by Crippen LogP contribution is -1.90. The summed E-state index contributed by atoms with van der Waals surface area (Å²) in [6, 6.07) is 12.2. The smallest absolute Gasteiger partial charge is 0.137 e. The molecular weight excluding hydrogens is 255 g/mol. The molecule has 4 heteroatoms. The van der Waals surface area contributed by atoms with Gasteiger partial charge < -0.3 is 9.72 Å². The molecule has 0 saturated carbocycles. The maximum Gasteiger partial charge on any atom is 0.137 e. The van der Waals surface area contributed by atoms with Crippen LogP contribution in [-0.2, 0) is 0 Å². The van der Waals surface area contributed by atoms with Crippen molar-refractivity contribution < 1.29 is 9.13 Å². The highest BCUT2D eigenvalue weighted by molar-refractivity contribution is 5.81. The Morgan fingerprint density at radius 1 is 1.10 bits per heavy atom. The number of methoxy groups -OCH3 is 1. The van der Waals surface area contributed by atoms with Crippen LogP contribution in [0.5, 0.6) is 5.75 Å². The second-order valence-electron chi connectivity index (χ2n) is 4.36. The van der Waals surface area contributed by atoms with E-state index in [-0.39, 0.29) is 5.82 Å². The fourth-order valence-electron chi connectivity index (χ4n) is 2.16. The number of aromatic nitrogens is 2. The maximum atomic E-state index is 13.6. The Kier molecular flexibility index (Phi) is 3.21. The van der Waals surface area contributed by atoms with Crippen LogP contribution in [0.1, 0.15) is 0 Å². The van der Waals surface area contributed by atoms with Crippen LogP contribution in [0.3, 0.4) is 0 Å². The minimum absolute atomic E-state index is 0.280. The van der Waals surface area contributed by atoms with E-state index in [1.807, 2.05) is 24.3 Å². The van der Waals surface area contributed by atoms with Crippen LogP contribution in [-0.4, -0.2) is 17.1 Å². The van der Waals surface area contributed by atoms with Crippen molar-refractivity contribution in [3.63, 3.8) is 0 Å². The van der Waals surface area contributed by atoms with E-state index in [9.17, 15) is 4.39 Å². The summed E-state index contributed by atoms with van der Waals surface area (Å²) in [5, 5.41) is 0. The van der Waals surface area contributed by atoms with Crippen LogP contribution in [0.25, 0.3) is 22.5 Å². The first-order valence-electron chi connectivity index (χ1n) is 6.21. The first kappa shape index (κ1) is 12.4. The van der Waals surface area contributed by atoms with Gasteiger partial charge in [-0.25, -0.2) is 9.37 Å². The van der Waals surface area contributed by atoms with E-state index in [2.05, 4.69) is 9.97 Å². The molecule has 0 atom stereocenters. The summed E-state index contributed by atoms with van der Waals surface area (Å²) < 4.78 is 18.8. The van der Waals surface area contributed by atoms with E-state index in [0.717, 1.165) is 22.4 Å². The molecule has 1 aromatic heterocycles. The van der Waals surface area contributed by atoms with Gasteiger partial charge in [-0.15, -0.1) is 0 Å². The van der Waals surface area contributed by atoms with Gasteiger partial charge in [-0.3, -0.25) is 0 Å². The molecule has 1 N–H and O–H groups in total. The van der Waals surface area contributed by atoms with Gasteiger partial charge in [-0.1, -0.05) is 12.1 Å². The molecule has 0 amide bonds. The zero-order valence-electron chi connectivity index (χ0n) is 10.9. The van der Waals surface area contributed by atoms with Crippen LogP contribution in [0.4, 0.5) is 4.39 Å². The number of hydrogen-bond donors (Lipinski definition) is 1. The summed E-state index contributed by atoms with van der Waals surface area (Å²) in [4.78, 5) is 7.28. The van der Waals surface area contributed by atoms with Gasteiger partial charge in [0, 0.05) is 18.0 Å². The molecule has 3 rings (SSSR count). The average molecular weight is 268 g/mol. The van der Waals surface area contributed by atoms with Gasteiger partial charge in [0.25, 0.3) is 0 Å². The van der Waals surface area contributed by atoms with Gasteiger partial charge in [-0.05, 0) is 41.5 Å². The highest BCUT2D eigenvalue weighted by Crippen LogP contribution is 2.32. The number of hydrogen-bond acceptors (Lipinski definition) is 2. The predicted octanol–water partition coefficient (Wildman–Crippen LogP) is 3.89. The van der Waals surface area contributed by atoms with Crippen LogP contribution in [0.2, 0.25) is 0 Å². The molecule has 0 unspecified atom stereocenters. The molecule has 3 aromatic rings. The molecule has 1 heterocycles. The number of halogens is 1. The maximum absolute atomic E-state index is 13.6. The lowest BCUT2D eigenvalue weighted by atomic mass is 9.99. The number of nitrogens with zero attached hydrogens (tertiary/aromatic N) is 1. The molecule has 0 fully saturated rings. The van der Waals surface area contributed by atoms with Gasteiger partial charge in [0.05, 0.1) is 7.11 Å². The lowest BCUT2D eigenvalue weighted by molar-refractivity contribution is 0.415. The van der Waals surface area contributed by atoms with Crippen molar-refractivity contribution in [1.29, 1.82) is 0 Å². The van der Waals surface area contributed by atoms with Crippen LogP contribution < -0.4 is 4.74 Å². The highest BCUT2D eigenvalue weighted by Gasteiger charge is 2.11. The summed E-state index contributed by atoms with van der Waals surface area (Å²) in [5.74, 6) is 1.16. The van der Waals surface area contributed by atoms with Crippen LogP contribution in [0, 0.1) is 5.82 Å². The normalized spacial score (nSPS) is 10.5. The van der Waals surface area contributed by atoms with Gasteiger partial charge in [0.1, 0.15) is 17.4 Å². The van der Waals surface area contributed by atoms with E-state index in [4.69, 9.17) is 4.74 Å². The molecule has 2 aromatic carbocycles. The molecule has 0 radical (unpaired) electrons. The molecule has 0 saturated heterocycles. The van der Waals surface area contributed by atoms with Gasteiger partial charge in [-0.2, -0.15) is 0 Å². The second kappa shape index (κ2) is 5.17. The first-order valence-corrected chi connectivity index (χ1v) is 6.21. The number of H-pyrrole nitrogens is 1. The minimum atomic E-state index is -0.280. The third-order valence-electron chi connectivity index (χ3n) is 3.12. The van der Waals surface area contributed by atoms with E-state index in [1.165, 1.54) is 12.1 Å². The minimum Gasteiger partial charge on any atom is -0.497 e. The summed E-state index contributed by atoms with van der Waals surface area (Å²) in [7, 11) is 1.61. The SMILES string of the molecule is COc1cccc(-c2cc(F)ccc2-c2ncc[nH]2)c1. The molecule has 0 aliphatic rings. The van der Waals surface area contributed by atoms with Crippen LogP contribution in [0.15, 0.2) is 54.9 Å². The third kappa shape index (κ3) is 2.28. The van der Waals surface area contributed by atoms with Crippen molar-refractivity contribution in [1.82, 2.24) is 9.97 Å². The van der Waals surface area contributed by atoms with Gasteiger partial charge in [0.15, 0.2) is 0 Å². The third-order valence-corrected chi connectivity index (χ3v) is 3.12. The predicted molar refractivity (Wildman–Crippen MR) is 76.0 cm³/mol. The topological polar surface area (TPSA) is 37.9 Å². The molecular formula is C16H13FN2O. The fourth-order valence-corrected chi connectivity index (χ4v) is 2.16. The number of nitrogens with one attached hydrogen (secondary N) is 1. The van der Waals surface area contributed by atoms with Crippen molar-refractivity contribution in [3.8, 4) is 28.3 Å². The van der Waals surface area contributed by atoms with E-state index in [0.29, 0.717) is 5.82 Å². The van der Waals surface area contributed by atoms with Crippen molar-refractivity contribution in [2.75, 3.05) is 7.11 Å². The molecule has 0 aliphatic heterocycles. The summed E-state index contributed by atoms with van der Waals surface area (Å²) in [6.07, 6.45) is 3.42. The molecule has 0 aliphatic carbocycles. The Morgan fingerprint density at radius 3 is 2.75 bits per heavy atom. The number of benzene rings is 2. The number of imidazole rings is 1. The van der Waals surface area contributed by atoms with Crippen molar-refractivity contribution in [3.05, 3.63) is 60.7 Å². The zero-order chi connectivity index (χ0) is 13.9. The summed E-state index contributed by atoms with van der Waals surface area (Å²) in [5.41, 5.74) is 2.51. The number of aromatic amines is 1. The van der Waals surface area contributed by atoms with Gasteiger partial charge in [0.2, 0.25) is 0 Å². The fraction of sp³-hybridized carbons (Fsp3) is 0.0625. The molecule has 20 heavy (non-hydrogen) atoms. The Morgan fingerprint density at radius 2 is 2.00 bits per heavy atom. The largest absolute Gasteiger partial charge is 0.497 e. The monoisotopic (exact) mass is 268 g/mol.